The van der Waals surface area contributed by atoms with Gasteiger partial charge in [-0.2, -0.15) is 0 Å². The molecule has 1 heterocycles. The van der Waals surface area contributed by atoms with Crippen LogP contribution in [0.4, 0.5) is 0 Å². The SMILES string of the molecule is CCCCc1ccc(C(=O)C(=O)N2CCCCC2)cc1. The molecule has 20 heavy (non-hydrogen) atoms. The summed E-state index contributed by atoms with van der Waals surface area (Å²) in [6, 6.07) is 7.50. The monoisotopic (exact) mass is 273 g/mol. The molecule has 1 aliphatic rings. The van der Waals surface area contributed by atoms with E-state index < -0.39 is 0 Å². The number of rotatable bonds is 5. The van der Waals surface area contributed by atoms with Crippen LogP contribution in [0.25, 0.3) is 0 Å². The lowest BCUT2D eigenvalue weighted by atomic mass is 10.0. The van der Waals surface area contributed by atoms with Crippen molar-refractivity contribution in [3.63, 3.8) is 0 Å². The molecular weight excluding hydrogens is 250 g/mol. The zero-order valence-electron chi connectivity index (χ0n) is 12.2. The molecule has 0 bridgehead atoms. The second-order valence-corrected chi connectivity index (χ2v) is 5.48. The van der Waals surface area contributed by atoms with Crippen molar-refractivity contribution >= 4 is 11.7 Å². The Morgan fingerprint density at radius 2 is 1.70 bits per heavy atom. The van der Waals surface area contributed by atoms with Crippen LogP contribution in [0.2, 0.25) is 0 Å². The van der Waals surface area contributed by atoms with E-state index in [9.17, 15) is 9.59 Å². The average molecular weight is 273 g/mol. The molecule has 0 N–H and O–H groups in total. The van der Waals surface area contributed by atoms with E-state index in [0.29, 0.717) is 5.56 Å². The van der Waals surface area contributed by atoms with E-state index >= 15 is 0 Å². The first kappa shape index (κ1) is 14.8. The van der Waals surface area contributed by atoms with Crippen LogP contribution in [-0.2, 0) is 11.2 Å². The molecule has 1 aromatic rings. The number of piperidine rings is 1. The van der Waals surface area contributed by atoms with Gasteiger partial charge in [-0.25, -0.2) is 0 Å². The van der Waals surface area contributed by atoms with Crippen molar-refractivity contribution in [2.75, 3.05) is 13.1 Å². The lowest BCUT2D eigenvalue weighted by Crippen LogP contribution is -2.40. The summed E-state index contributed by atoms with van der Waals surface area (Å²) in [5.41, 5.74) is 1.75. The highest BCUT2D eigenvalue weighted by molar-refractivity contribution is 6.42. The summed E-state index contributed by atoms with van der Waals surface area (Å²) in [6.45, 7) is 3.60. The van der Waals surface area contributed by atoms with Crippen molar-refractivity contribution in [2.45, 2.75) is 45.4 Å². The minimum atomic E-state index is -0.367. The maximum atomic E-state index is 12.2. The molecule has 2 rings (SSSR count). The number of nitrogens with zero attached hydrogens (tertiary/aromatic N) is 1. The number of amides is 1. The number of likely N-dealkylation sites (tertiary alicyclic amines) is 1. The van der Waals surface area contributed by atoms with Gasteiger partial charge < -0.3 is 4.90 Å². The van der Waals surface area contributed by atoms with Gasteiger partial charge in [-0.3, -0.25) is 9.59 Å². The standard InChI is InChI=1S/C17H23NO2/c1-2-3-7-14-8-10-15(11-9-14)16(19)17(20)18-12-5-4-6-13-18/h8-11H,2-7,12-13H2,1H3. The van der Waals surface area contributed by atoms with Gasteiger partial charge in [-0.1, -0.05) is 37.6 Å². The predicted octanol–water partition coefficient (Wildman–Crippen LogP) is 3.22. The number of carbonyl (C=O) groups excluding carboxylic acids is 2. The molecule has 0 unspecified atom stereocenters. The van der Waals surface area contributed by atoms with Crippen LogP contribution >= 0.6 is 0 Å². The van der Waals surface area contributed by atoms with E-state index in [2.05, 4.69) is 6.92 Å². The summed E-state index contributed by atoms with van der Waals surface area (Å²) in [6.07, 6.45) is 6.52. The topological polar surface area (TPSA) is 37.4 Å². The van der Waals surface area contributed by atoms with Crippen molar-refractivity contribution in [1.82, 2.24) is 4.90 Å². The Balaban J connectivity index is 1.99. The number of unbranched alkanes of at least 4 members (excludes halogenated alkanes) is 1. The zero-order chi connectivity index (χ0) is 14.4. The number of hydrogen-bond donors (Lipinski definition) is 0. The molecule has 1 aliphatic heterocycles. The van der Waals surface area contributed by atoms with Crippen LogP contribution in [0.1, 0.15) is 54.9 Å². The molecule has 0 spiro atoms. The van der Waals surface area contributed by atoms with E-state index in [-0.39, 0.29) is 11.7 Å². The van der Waals surface area contributed by atoms with Crippen LogP contribution < -0.4 is 0 Å². The molecule has 1 aromatic carbocycles. The Labute approximate surface area is 121 Å². The average Bonchev–Trinajstić information content (AvgIpc) is 2.53. The minimum Gasteiger partial charge on any atom is -0.336 e. The van der Waals surface area contributed by atoms with Gasteiger partial charge in [0.25, 0.3) is 5.91 Å². The van der Waals surface area contributed by atoms with Gasteiger partial charge in [0.1, 0.15) is 0 Å². The lowest BCUT2D eigenvalue weighted by molar-refractivity contribution is -0.127. The summed E-state index contributed by atoms with van der Waals surface area (Å²) >= 11 is 0. The van der Waals surface area contributed by atoms with Gasteiger partial charge in [0, 0.05) is 18.7 Å². The highest BCUT2D eigenvalue weighted by Gasteiger charge is 2.24. The fourth-order valence-electron chi connectivity index (χ4n) is 2.57. The van der Waals surface area contributed by atoms with E-state index in [4.69, 9.17) is 0 Å². The van der Waals surface area contributed by atoms with Gasteiger partial charge in [-0.15, -0.1) is 0 Å². The summed E-state index contributed by atoms with van der Waals surface area (Å²) in [4.78, 5) is 26.0. The molecular formula is C17H23NO2. The zero-order valence-corrected chi connectivity index (χ0v) is 12.2. The lowest BCUT2D eigenvalue weighted by Gasteiger charge is -2.25. The number of aryl methyl sites for hydroxylation is 1. The number of hydrogen-bond acceptors (Lipinski definition) is 2. The van der Waals surface area contributed by atoms with Gasteiger partial charge in [0.15, 0.2) is 0 Å². The fourth-order valence-corrected chi connectivity index (χ4v) is 2.57. The molecule has 0 saturated carbocycles. The first-order valence-corrected chi connectivity index (χ1v) is 7.65. The molecule has 1 fully saturated rings. The van der Waals surface area contributed by atoms with Crippen LogP contribution in [0, 0.1) is 0 Å². The maximum Gasteiger partial charge on any atom is 0.294 e. The molecule has 0 aliphatic carbocycles. The first-order chi connectivity index (χ1) is 9.72. The Morgan fingerprint density at radius 1 is 1.05 bits per heavy atom. The third-order valence-electron chi connectivity index (χ3n) is 3.87. The molecule has 1 amide bonds. The van der Waals surface area contributed by atoms with Crippen molar-refractivity contribution in [2.24, 2.45) is 0 Å². The van der Waals surface area contributed by atoms with E-state index in [1.54, 1.807) is 17.0 Å². The molecule has 0 aromatic heterocycles. The third kappa shape index (κ3) is 3.69. The van der Waals surface area contributed by atoms with Crippen molar-refractivity contribution in [1.29, 1.82) is 0 Å². The van der Waals surface area contributed by atoms with Crippen molar-refractivity contribution in [3.05, 3.63) is 35.4 Å². The normalized spacial score (nSPS) is 15.2. The molecule has 3 heteroatoms. The highest BCUT2D eigenvalue weighted by atomic mass is 16.2. The highest BCUT2D eigenvalue weighted by Crippen LogP contribution is 2.13. The molecule has 0 radical (unpaired) electrons. The Morgan fingerprint density at radius 3 is 2.30 bits per heavy atom. The van der Waals surface area contributed by atoms with Crippen LogP contribution in [0.15, 0.2) is 24.3 Å². The summed E-state index contributed by atoms with van der Waals surface area (Å²) < 4.78 is 0. The Hall–Kier alpha value is -1.64. The van der Waals surface area contributed by atoms with Gasteiger partial charge >= 0.3 is 0 Å². The summed E-state index contributed by atoms with van der Waals surface area (Å²) in [5, 5.41) is 0. The quantitative estimate of drug-likeness (QED) is 0.610. The maximum absolute atomic E-state index is 12.2. The Bertz CT molecular complexity index is 458. The number of ketones is 1. The largest absolute Gasteiger partial charge is 0.336 e. The fraction of sp³-hybridized carbons (Fsp3) is 0.529. The van der Waals surface area contributed by atoms with Crippen LogP contribution in [-0.4, -0.2) is 29.7 Å². The molecule has 108 valence electrons. The number of benzene rings is 1. The van der Waals surface area contributed by atoms with Crippen LogP contribution in [0.5, 0.6) is 0 Å². The summed E-state index contributed by atoms with van der Waals surface area (Å²) in [5.74, 6) is -0.708. The van der Waals surface area contributed by atoms with E-state index in [1.165, 1.54) is 5.56 Å². The first-order valence-electron chi connectivity index (χ1n) is 7.65. The molecule has 3 nitrogen and oxygen atoms in total. The van der Waals surface area contributed by atoms with Crippen LogP contribution in [0.3, 0.4) is 0 Å². The van der Waals surface area contributed by atoms with Gasteiger partial charge in [0.2, 0.25) is 5.78 Å². The number of carbonyl (C=O) groups is 2. The van der Waals surface area contributed by atoms with Crippen molar-refractivity contribution in [3.8, 4) is 0 Å². The Kier molecular flexibility index (Phi) is 5.33. The van der Waals surface area contributed by atoms with Gasteiger partial charge in [-0.05, 0) is 37.7 Å². The van der Waals surface area contributed by atoms with E-state index in [0.717, 1.165) is 51.6 Å². The smallest absolute Gasteiger partial charge is 0.294 e. The molecule has 1 saturated heterocycles. The second kappa shape index (κ2) is 7.22. The predicted molar refractivity (Wildman–Crippen MR) is 79.8 cm³/mol. The minimum absolute atomic E-state index is 0.342. The second-order valence-electron chi connectivity index (χ2n) is 5.48. The van der Waals surface area contributed by atoms with Gasteiger partial charge in [0.05, 0.1) is 0 Å². The van der Waals surface area contributed by atoms with E-state index in [1.807, 2.05) is 12.1 Å². The van der Waals surface area contributed by atoms with Crippen molar-refractivity contribution < 1.29 is 9.59 Å². The molecule has 0 atom stereocenters. The summed E-state index contributed by atoms with van der Waals surface area (Å²) in [7, 11) is 0. The number of Topliss-reactive ketones (excluding diaryl/α,β-unsaturated/α-hetero) is 1. The third-order valence-corrected chi connectivity index (χ3v) is 3.87.